The highest BCUT2D eigenvalue weighted by molar-refractivity contribution is 5.94. The van der Waals surface area contributed by atoms with E-state index in [0.29, 0.717) is 0 Å². The molecule has 2 unspecified atom stereocenters. The number of hydrogen-bond acceptors (Lipinski definition) is 6. The van der Waals surface area contributed by atoms with E-state index in [4.69, 9.17) is 4.84 Å². The van der Waals surface area contributed by atoms with Gasteiger partial charge >= 0.3 is 12.1 Å². The first-order valence-corrected chi connectivity index (χ1v) is 7.91. The second-order valence-corrected chi connectivity index (χ2v) is 5.91. The normalized spacial score (nSPS) is 14.0. The van der Waals surface area contributed by atoms with Gasteiger partial charge in [0.05, 0.1) is 12.7 Å². The van der Waals surface area contributed by atoms with Crippen molar-refractivity contribution in [3.63, 3.8) is 0 Å². The van der Waals surface area contributed by atoms with Crippen LogP contribution < -0.4 is 10.8 Å². The summed E-state index contributed by atoms with van der Waals surface area (Å²) in [5, 5.41) is 5.76. The molecule has 1 aromatic carbocycles. The van der Waals surface area contributed by atoms with Gasteiger partial charge in [0, 0.05) is 18.2 Å². The smallest absolute Gasteiger partial charge is 0.352 e. The Morgan fingerprint density at radius 3 is 2.59 bits per heavy atom. The zero-order valence-electron chi connectivity index (χ0n) is 14.7. The number of amides is 1. The molecule has 0 aliphatic heterocycles. The van der Waals surface area contributed by atoms with Crippen molar-refractivity contribution < 1.29 is 31.7 Å². The fraction of sp³-hybridized carbons (Fsp3) is 0.438. The molecule has 0 aliphatic carbocycles. The molecule has 27 heavy (non-hydrogen) atoms. The number of alkyl halides is 3. The maximum absolute atomic E-state index is 14.2. The van der Waals surface area contributed by atoms with Crippen LogP contribution in [0.15, 0.2) is 22.7 Å². The van der Waals surface area contributed by atoms with E-state index in [9.17, 15) is 22.4 Å². The number of rotatable bonds is 7. The molecule has 148 valence electrons. The summed E-state index contributed by atoms with van der Waals surface area (Å²) in [6.07, 6.45) is -4.80. The molecule has 11 heteroatoms. The Morgan fingerprint density at radius 1 is 1.33 bits per heavy atom. The lowest BCUT2D eigenvalue weighted by molar-refractivity contribution is -0.159. The molecule has 7 nitrogen and oxygen atoms in total. The molecule has 0 fully saturated rings. The standard InChI is InChI=1S/C16H18F4N4O3/c1-8(9(2)23-26-3)7-21-14(25)11-5-4-10(6-12(11)17)13-22-15(27-24-13)16(18,19)20/h4-6,8-9,23H,7H2,1-3H3,(H,21,25). The third kappa shape index (κ3) is 5.23. The predicted molar refractivity (Wildman–Crippen MR) is 85.8 cm³/mol. The van der Waals surface area contributed by atoms with Crippen LogP contribution in [-0.4, -0.2) is 35.7 Å². The summed E-state index contributed by atoms with van der Waals surface area (Å²) in [7, 11) is 1.47. The number of benzene rings is 1. The van der Waals surface area contributed by atoms with Gasteiger partial charge in [0.15, 0.2) is 0 Å². The van der Waals surface area contributed by atoms with E-state index in [0.717, 1.165) is 12.1 Å². The minimum atomic E-state index is -4.80. The average molecular weight is 390 g/mol. The fourth-order valence-corrected chi connectivity index (χ4v) is 2.12. The number of nitrogens with zero attached hydrogens (tertiary/aromatic N) is 2. The van der Waals surface area contributed by atoms with E-state index in [1.807, 2.05) is 13.8 Å². The molecule has 1 aromatic heterocycles. The van der Waals surface area contributed by atoms with Gasteiger partial charge < -0.3 is 14.7 Å². The van der Waals surface area contributed by atoms with Crippen LogP contribution in [0.3, 0.4) is 0 Å². The largest absolute Gasteiger partial charge is 0.471 e. The quantitative estimate of drug-likeness (QED) is 0.558. The summed E-state index contributed by atoms with van der Waals surface area (Å²) in [5.41, 5.74) is 2.43. The molecule has 1 heterocycles. The van der Waals surface area contributed by atoms with Crippen molar-refractivity contribution in [2.75, 3.05) is 13.7 Å². The molecule has 2 aromatic rings. The lowest BCUT2D eigenvalue weighted by Gasteiger charge is -2.20. The second kappa shape index (κ2) is 8.44. The highest BCUT2D eigenvalue weighted by Crippen LogP contribution is 2.29. The number of carbonyl (C=O) groups excluding carboxylic acids is 1. The molecule has 0 saturated carbocycles. The summed E-state index contributed by atoms with van der Waals surface area (Å²) < 4.78 is 55.8. The van der Waals surface area contributed by atoms with Crippen molar-refractivity contribution in [1.29, 1.82) is 0 Å². The number of aromatic nitrogens is 2. The van der Waals surface area contributed by atoms with Gasteiger partial charge in [-0.1, -0.05) is 18.1 Å². The Balaban J connectivity index is 2.08. The van der Waals surface area contributed by atoms with Gasteiger partial charge in [0.1, 0.15) is 5.82 Å². The van der Waals surface area contributed by atoms with Gasteiger partial charge in [-0.05, 0) is 25.0 Å². The molecule has 0 bridgehead atoms. The first-order valence-electron chi connectivity index (χ1n) is 7.91. The third-order valence-electron chi connectivity index (χ3n) is 3.88. The van der Waals surface area contributed by atoms with Crippen molar-refractivity contribution in [2.45, 2.75) is 26.1 Å². The van der Waals surface area contributed by atoms with Crippen molar-refractivity contribution in [3.8, 4) is 11.4 Å². The number of hydroxylamine groups is 1. The van der Waals surface area contributed by atoms with Crippen LogP contribution in [0.25, 0.3) is 11.4 Å². The zero-order valence-corrected chi connectivity index (χ0v) is 14.7. The maximum Gasteiger partial charge on any atom is 0.471 e. The Bertz CT molecular complexity index is 794. The molecule has 1 amide bonds. The highest BCUT2D eigenvalue weighted by atomic mass is 19.4. The topological polar surface area (TPSA) is 89.3 Å². The van der Waals surface area contributed by atoms with Crippen molar-refractivity contribution in [3.05, 3.63) is 35.5 Å². The van der Waals surface area contributed by atoms with Gasteiger partial charge in [-0.25, -0.2) is 4.39 Å². The first kappa shape index (κ1) is 20.8. The van der Waals surface area contributed by atoms with Crippen molar-refractivity contribution >= 4 is 5.91 Å². The summed E-state index contributed by atoms with van der Waals surface area (Å²) >= 11 is 0. The fourth-order valence-electron chi connectivity index (χ4n) is 2.12. The van der Waals surface area contributed by atoms with Gasteiger partial charge in [-0.3, -0.25) is 4.79 Å². The maximum atomic E-state index is 14.2. The number of halogens is 4. The Hall–Kier alpha value is -2.53. The first-order chi connectivity index (χ1) is 12.6. The minimum absolute atomic E-state index is 0.00338. The van der Waals surface area contributed by atoms with Crippen LogP contribution in [0.1, 0.15) is 30.1 Å². The van der Waals surface area contributed by atoms with E-state index < -0.39 is 29.6 Å². The molecule has 0 saturated heterocycles. The van der Waals surface area contributed by atoms with Gasteiger partial charge in [-0.15, -0.1) is 0 Å². The molecule has 2 rings (SSSR count). The van der Waals surface area contributed by atoms with Crippen LogP contribution >= 0.6 is 0 Å². The van der Waals surface area contributed by atoms with Gasteiger partial charge in [0.2, 0.25) is 5.82 Å². The molecule has 0 spiro atoms. The third-order valence-corrected chi connectivity index (χ3v) is 3.88. The van der Waals surface area contributed by atoms with Crippen LogP contribution in [0.2, 0.25) is 0 Å². The Kier molecular flexibility index (Phi) is 6.50. The predicted octanol–water partition coefficient (Wildman–Crippen LogP) is 2.80. The van der Waals surface area contributed by atoms with E-state index >= 15 is 0 Å². The molecular weight excluding hydrogens is 372 g/mol. The summed E-state index contributed by atoms with van der Waals surface area (Å²) in [5.74, 6) is -3.54. The summed E-state index contributed by atoms with van der Waals surface area (Å²) in [6.45, 7) is 3.98. The molecule has 2 atom stereocenters. The van der Waals surface area contributed by atoms with E-state index in [2.05, 4.69) is 25.5 Å². The molecule has 0 aliphatic rings. The molecule has 2 N–H and O–H groups in total. The van der Waals surface area contributed by atoms with E-state index in [1.165, 1.54) is 13.2 Å². The lowest BCUT2D eigenvalue weighted by Crippen LogP contribution is -2.39. The number of hydrogen-bond donors (Lipinski definition) is 2. The van der Waals surface area contributed by atoms with Crippen molar-refractivity contribution in [2.24, 2.45) is 5.92 Å². The zero-order chi connectivity index (χ0) is 20.2. The van der Waals surface area contributed by atoms with Crippen molar-refractivity contribution in [1.82, 2.24) is 20.9 Å². The van der Waals surface area contributed by atoms with Crippen LogP contribution in [0, 0.1) is 11.7 Å². The number of carbonyl (C=O) groups is 1. The lowest BCUT2D eigenvalue weighted by atomic mass is 10.0. The number of nitrogens with one attached hydrogen (secondary N) is 2. The minimum Gasteiger partial charge on any atom is -0.352 e. The second-order valence-electron chi connectivity index (χ2n) is 5.91. The monoisotopic (exact) mass is 390 g/mol. The summed E-state index contributed by atoms with van der Waals surface area (Å²) in [4.78, 5) is 20.1. The van der Waals surface area contributed by atoms with Crippen LogP contribution in [-0.2, 0) is 11.0 Å². The highest BCUT2D eigenvalue weighted by Gasteiger charge is 2.38. The van der Waals surface area contributed by atoms with Crippen LogP contribution in [0.5, 0.6) is 0 Å². The Labute approximate surface area is 152 Å². The van der Waals surface area contributed by atoms with Gasteiger partial charge in [0.25, 0.3) is 5.91 Å². The van der Waals surface area contributed by atoms with Gasteiger partial charge in [-0.2, -0.15) is 23.6 Å². The van der Waals surface area contributed by atoms with E-state index in [-0.39, 0.29) is 29.6 Å². The molecular formula is C16H18F4N4O3. The van der Waals surface area contributed by atoms with Crippen LogP contribution in [0.4, 0.5) is 17.6 Å². The summed E-state index contributed by atoms with van der Waals surface area (Å²) in [6, 6.07) is 3.20. The average Bonchev–Trinajstić information content (AvgIpc) is 3.10. The Morgan fingerprint density at radius 2 is 2.04 bits per heavy atom. The van der Waals surface area contributed by atoms with E-state index in [1.54, 1.807) is 0 Å². The molecule has 0 radical (unpaired) electrons. The SMILES string of the molecule is CONC(C)C(C)CNC(=O)c1ccc(-c2noc(C(F)(F)F)n2)cc1F.